The monoisotopic (exact) mass is 256 g/mol. The van der Waals surface area contributed by atoms with Crippen molar-refractivity contribution >= 4 is 0 Å². The molecule has 0 spiro atoms. The Morgan fingerprint density at radius 2 is 2.39 bits per heavy atom. The quantitative estimate of drug-likeness (QED) is 0.808. The van der Waals surface area contributed by atoms with Gasteiger partial charge in [0.25, 0.3) is 0 Å². The molecular weight excluding hydrogens is 236 g/mol. The number of aliphatic hydroxyl groups is 1. The van der Waals surface area contributed by atoms with Crippen molar-refractivity contribution < 1.29 is 19.1 Å². The molecule has 1 N–H and O–H groups in total. The number of hydrogen-bond acceptors (Lipinski definition) is 6. The summed E-state index contributed by atoms with van der Waals surface area (Å²) in [5, 5.41) is 13.5. The van der Waals surface area contributed by atoms with Gasteiger partial charge >= 0.3 is 0 Å². The number of aliphatic hydroxyl groups excluding tert-OH is 1. The lowest BCUT2D eigenvalue weighted by molar-refractivity contribution is 0.0153. The molecule has 2 heterocycles. The molecule has 1 fully saturated rings. The van der Waals surface area contributed by atoms with Gasteiger partial charge in [0.15, 0.2) is 5.82 Å². The lowest BCUT2D eigenvalue weighted by Gasteiger charge is -2.20. The topological polar surface area (TPSA) is 77.6 Å². The van der Waals surface area contributed by atoms with Gasteiger partial charge in [-0.2, -0.15) is 4.98 Å². The van der Waals surface area contributed by atoms with Crippen LogP contribution in [0.4, 0.5) is 0 Å². The summed E-state index contributed by atoms with van der Waals surface area (Å²) in [6.45, 7) is 1.09. The zero-order valence-corrected chi connectivity index (χ0v) is 10.7. The van der Waals surface area contributed by atoms with E-state index in [1.807, 2.05) is 0 Å². The van der Waals surface area contributed by atoms with E-state index in [0.29, 0.717) is 24.6 Å². The van der Waals surface area contributed by atoms with Crippen LogP contribution in [-0.2, 0) is 22.3 Å². The van der Waals surface area contributed by atoms with Crippen molar-refractivity contribution in [3.8, 4) is 0 Å². The molecule has 0 saturated carbocycles. The molecule has 102 valence electrons. The van der Waals surface area contributed by atoms with E-state index in [2.05, 4.69) is 10.1 Å². The molecule has 6 heteroatoms. The highest BCUT2D eigenvalue weighted by molar-refractivity contribution is 4.90. The minimum Gasteiger partial charge on any atom is -0.390 e. The summed E-state index contributed by atoms with van der Waals surface area (Å²) in [5.74, 6) is 1.10. The van der Waals surface area contributed by atoms with Gasteiger partial charge in [-0.05, 0) is 19.3 Å². The summed E-state index contributed by atoms with van der Waals surface area (Å²) in [7, 11) is 1.54. The van der Waals surface area contributed by atoms with E-state index in [9.17, 15) is 5.11 Å². The molecule has 0 bridgehead atoms. The van der Waals surface area contributed by atoms with Crippen molar-refractivity contribution in [1.29, 1.82) is 0 Å². The molecule has 2 rings (SSSR count). The maximum Gasteiger partial charge on any atom is 0.229 e. The molecule has 0 amide bonds. The van der Waals surface area contributed by atoms with Gasteiger partial charge in [-0.3, -0.25) is 0 Å². The molecule has 2 atom stereocenters. The second kappa shape index (κ2) is 6.82. The summed E-state index contributed by atoms with van der Waals surface area (Å²) in [6, 6.07) is 0. The Morgan fingerprint density at radius 3 is 3.11 bits per heavy atom. The van der Waals surface area contributed by atoms with Gasteiger partial charge in [-0.1, -0.05) is 5.16 Å². The number of rotatable bonds is 6. The molecule has 2 unspecified atom stereocenters. The van der Waals surface area contributed by atoms with E-state index in [4.69, 9.17) is 14.0 Å². The van der Waals surface area contributed by atoms with Gasteiger partial charge in [-0.25, -0.2) is 0 Å². The number of aromatic nitrogens is 2. The van der Waals surface area contributed by atoms with Crippen molar-refractivity contribution in [3.63, 3.8) is 0 Å². The highest BCUT2D eigenvalue weighted by Crippen LogP contribution is 2.16. The molecule has 0 radical (unpaired) electrons. The normalized spacial score (nSPS) is 22.0. The maximum atomic E-state index is 9.56. The van der Waals surface area contributed by atoms with E-state index in [1.54, 1.807) is 7.11 Å². The molecule has 1 aromatic heterocycles. The maximum absolute atomic E-state index is 9.56. The van der Waals surface area contributed by atoms with Gasteiger partial charge in [0.05, 0.1) is 25.2 Å². The Kier molecular flexibility index (Phi) is 5.10. The fourth-order valence-corrected chi connectivity index (χ4v) is 2.08. The Morgan fingerprint density at radius 1 is 1.50 bits per heavy atom. The fourth-order valence-electron chi connectivity index (χ4n) is 2.08. The molecule has 1 saturated heterocycles. The first-order chi connectivity index (χ1) is 8.78. The molecule has 1 aromatic rings. The highest BCUT2D eigenvalue weighted by Gasteiger charge is 2.18. The average molecular weight is 256 g/mol. The van der Waals surface area contributed by atoms with E-state index in [-0.39, 0.29) is 12.7 Å². The van der Waals surface area contributed by atoms with E-state index in [0.717, 1.165) is 19.4 Å². The SMILES string of the molecule is COCC(O)Cc1nc(CC2CCCCO2)no1. The van der Waals surface area contributed by atoms with Crippen molar-refractivity contribution in [3.05, 3.63) is 11.7 Å². The summed E-state index contributed by atoms with van der Waals surface area (Å²) in [4.78, 5) is 4.25. The van der Waals surface area contributed by atoms with Gasteiger partial charge in [0, 0.05) is 20.1 Å². The van der Waals surface area contributed by atoms with E-state index in [1.165, 1.54) is 6.42 Å². The third kappa shape index (κ3) is 4.04. The number of ether oxygens (including phenoxy) is 2. The predicted octanol–water partition coefficient (Wildman–Crippen LogP) is 0.731. The third-order valence-electron chi connectivity index (χ3n) is 2.96. The fraction of sp³-hybridized carbons (Fsp3) is 0.833. The van der Waals surface area contributed by atoms with Crippen molar-refractivity contribution in [2.75, 3.05) is 20.3 Å². The second-order valence-electron chi connectivity index (χ2n) is 4.61. The van der Waals surface area contributed by atoms with Crippen LogP contribution in [0, 0.1) is 0 Å². The standard InChI is InChI=1S/C12H20N2O4/c1-16-8-9(15)6-12-13-11(14-18-12)7-10-4-2-3-5-17-10/h9-10,15H,2-8H2,1H3. The van der Waals surface area contributed by atoms with Crippen LogP contribution in [0.1, 0.15) is 31.0 Å². The summed E-state index contributed by atoms with van der Waals surface area (Å²) < 4.78 is 15.6. The molecule has 0 aromatic carbocycles. The Bertz CT molecular complexity index is 350. The zero-order valence-electron chi connectivity index (χ0n) is 10.7. The van der Waals surface area contributed by atoms with Gasteiger partial charge in [0.1, 0.15) is 0 Å². The van der Waals surface area contributed by atoms with Gasteiger partial charge in [0.2, 0.25) is 5.89 Å². The van der Waals surface area contributed by atoms with Crippen LogP contribution >= 0.6 is 0 Å². The van der Waals surface area contributed by atoms with Crippen LogP contribution in [0.2, 0.25) is 0 Å². The van der Waals surface area contributed by atoms with Crippen LogP contribution in [0.25, 0.3) is 0 Å². The van der Waals surface area contributed by atoms with Gasteiger partial charge < -0.3 is 19.1 Å². The van der Waals surface area contributed by atoms with Gasteiger partial charge in [-0.15, -0.1) is 0 Å². The lowest BCUT2D eigenvalue weighted by Crippen LogP contribution is -2.22. The number of hydrogen-bond donors (Lipinski definition) is 1. The minimum atomic E-state index is -0.603. The molecule has 0 aliphatic carbocycles. The molecule has 6 nitrogen and oxygen atoms in total. The molecule has 1 aliphatic heterocycles. The summed E-state index contributed by atoms with van der Waals surface area (Å²) in [5.41, 5.74) is 0. The van der Waals surface area contributed by atoms with Crippen molar-refractivity contribution in [2.45, 2.75) is 44.3 Å². The highest BCUT2D eigenvalue weighted by atomic mass is 16.5. The first-order valence-corrected chi connectivity index (χ1v) is 6.38. The summed E-state index contributed by atoms with van der Waals surface area (Å²) in [6.07, 6.45) is 3.99. The predicted molar refractivity (Wildman–Crippen MR) is 63.2 cm³/mol. The minimum absolute atomic E-state index is 0.202. The first-order valence-electron chi connectivity index (χ1n) is 6.38. The zero-order chi connectivity index (χ0) is 12.8. The van der Waals surface area contributed by atoms with Crippen LogP contribution in [-0.4, -0.2) is 47.8 Å². The Balaban J connectivity index is 1.81. The van der Waals surface area contributed by atoms with Crippen LogP contribution in [0.5, 0.6) is 0 Å². The third-order valence-corrected chi connectivity index (χ3v) is 2.96. The van der Waals surface area contributed by atoms with Crippen molar-refractivity contribution in [1.82, 2.24) is 10.1 Å². The van der Waals surface area contributed by atoms with E-state index >= 15 is 0 Å². The van der Waals surface area contributed by atoms with Crippen LogP contribution in [0.15, 0.2) is 4.52 Å². The molecular formula is C12H20N2O4. The first kappa shape index (κ1) is 13.5. The Hall–Kier alpha value is -0.980. The molecule has 1 aliphatic rings. The second-order valence-corrected chi connectivity index (χ2v) is 4.61. The average Bonchev–Trinajstić information content (AvgIpc) is 2.78. The summed E-state index contributed by atoms with van der Waals surface area (Å²) >= 11 is 0. The number of methoxy groups -OCH3 is 1. The largest absolute Gasteiger partial charge is 0.390 e. The smallest absolute Gasteiger partial charge is 0.229 e. The molecule has 18 heavy (non-hydrogen) atoms. The Labute approximate surface area is 106 Å². The lowest BCUT2D eigenvalue weighted by atomic mass is 10.1. The van der Waals surface area contributed by atoms with Crippen molar-refractivity contribution in [2.24, 2.45) is 0 Å². The number of nitrogens with zero attached hydrogens (tertiary/aromatic N) is 2. The van der Waals surface area contributed by atoms with Crippen LogP contribution < -0.4 is 0 Å². The van der Waals surface area contributed by atoms with Crippen LogP contribution in [0.3, 0.4) is 0 Å². The van der Waals surface area contributed by atoms with E-state index < -0.39 is 6.10 Å².